The molecule has 42 heavy (non-hydrogen) atoms. The molecule has 0 bridgehead atoms. The van der Waals surface area contributed by atoms with Crippen molar-refractivity contribution in [3.05, 3.63) is 87.3 Å². The van der Waals surface area contributed by atoms with Crippen LogP contribution in [0.15, 0.2) is 75.4 Å². The van der Waals surface area contributed by atoms with E-state index in [1.54, 1.807) is 56.3 Å². The lowest BCUT2D eigenvalue weighted by Gasteiger charge is -2.28. The van der Waals surface area contributed by atoms with Gasteiger partial charge in [0.15, 0.2) is 17.7 Å². The van der Waals surface area contributed by atoms with E-state index in [1.165, 1.54) is 25.5 Å². The lowest BCUT2D eigenvalue weighted by Crippen LogP contribution is -2.45. The van der Waals surface area contributed by atoms with Crippen LogP contribution >= 0.6 is 0 Å². The van der Waals surface area contributed by atoms with E-state index in [-0.39, 0.29) is 17.9 Å². The van der Waals surface area contributed by atoms with Gasteiger partial charge in [-0.05, 0) is 55.8 Å². The number of urea groups is 1. The van der Waals surface area contributed by atoms with Crippen molar-refractivity contribution >= 4 is 23.9 Å². The van der Waals surface area contributed by atoms with Crippen LogP contribution < -0.4 is 25.5 Å². The van der Waals surface area contributed by atoms with Crippen LogP contribution in [0.4, 0.5) is 10.5 Å². The summed E-state index contributed by atoms with van der Waals surface area (Å²) in [6, 6.07) is 13.0. The first-order valence-corrected chi connectivity index (χ1v) is 12.8. The minimum Gasteiger partial charge on any atom is -0.490 e. The van der Waals surface area contributed by atoms with Gasteiger partial charge >= 0.3 is 12.0 Å². The smallest absolute Gasteiger partial charge is 0.337 e. The molecule has 2 heterocycles. The molecule has 2 aromatic carbocycles. The van der Waals surface area contributed by atoms with Gasteiger partial charge in [-0.15, -0.1) is 0 Å². The maximum absolute atomic E-state index is 12.4. The second-order valence-corrected chi connectivity index (χ2v) is 8.92. The number of ether oxygens (including phenoxy) is 3. The number of aliphatic hydroxyl groups excluding tert-OH is 1. The number of hydrazone groups is 1. The topological polar surface area (TPSA) is 187 Å². The van der Waals surface area contributed by atoms with Gasteiger partial charge in [-0.1, -0.05) is 6.07 Å². The summed E-state index contributed by atoms with van der Waals surface area (Å²) >= 11 is 0. The average Bonchev–Trinajstić information content (AvgIpc) is 3.45. The number of esters is 1. The Morgan fingerprint density at radius 2 is 1.95 bits per heavy atom. The van der Waals surface area contributed by atoms with Gasteiger partial charge in [-0.3, -0.25) is 15.5 Å². The van der Waals surface area contributed by atoms with Gasteiger partial charge in [0.25, 0.3) is 5.69 Å². The highest BCUT2D eigenvalue weighted by Gasteiger charge is 2.32. The zero-order valence-corrected chi connectivity index (χ0v) is 23.0. The fraction of sp³-hybridized carbons (Fsp3) is 0.250. The van der Waals surface area contributed by atoms with Crippen LogP contribution in [0, 0.1) is 10.1 Å². The molecule has 0 fully saturated rings. The summed E-state index contributed by atoms with van der Waals surface area (Å²) in [6.45, 7) is 3.52. The molecule has 2 amide bonds. The van der Waals surface area contributed by atoms with Crippen molar-refractivity contribution in [3.63, 3.8) is 0 Å². The molecule has 3 aromatic rings. The number of rotatable bonds is 12. The summed E-state index contributed by atoms with van der Waals surface area (Å²) in [5.41, 5.74) is 4.36. The SMILES string of the molecule is CCOc1cc([C@@H]2NC(=O)NC(C)=C2C(=O)OC)ccc1OC[C@@H](O)N/N=C/c1ccc(-c2ccc([N+](=O)[O-])cc2)o1. The molecule has 4 rings (SSSR count). The highest BCUT2D eigenvalue weighted by Crippen LogP contribution is 2.35. The van der Waals surface area contributed by atoms with Gasteiger partial charge < -0.3 is 34.4 Å². The van der Waals surface area contributed by atoms with E-state index in [0.29, 0.717) is 46.5 Å². The first-order chi connectivity index (χ1) is 20.2. The van der Waals surface area contributed by atoms with Crippen molar-refractivity contribution in [2.24, 2.45) is 5.10 Å². The van der Waals surface area contributed by atoms with Crippen molar-refractivity contribution in [2.75, 3.05) is 20.3 Å². The first-order valence-electron chi connectivity index (χ1n) is 12.8. The molecule has 2 atom stereocenters. The number of nitrogens with zero attached hydrogens (tertiary/aromatic N) is 2. The summed E-state index contributed by atoms with van der Waals surface area (Å²) in [5.74, 6) is 0.962. The molecule has 0 saturated heterocycles. The number of methoxy groups -OCH3 is 1. The molecular weight excluding hydrogens is 550 g/mol. The molecule has 14 heteroatoms. The summed E-state index contributed by atoms with van der Waals surface area (Å²) < 4.78 is 22.0. The molecule has 0 aliphatic carbocycles. The third-order valence-corrected chi connectivity index (χ3v) is 6.08. The number of hydrogen-bond donors (Lipinski definition) is 4. The Morgan fingerprint density at radius 1 is 1.19 bits per heavy atom. The number of carbonyl (C=O) groups is 2. The highest BCUT2D eigenvalue weighted by molar-refractivity contribution is 5.95. The van der Waals surface area contributed by atoms with Gasteiger partial charge in [-0.25, -0.2) is 9.59 Å². The second kappa shape index (κ2) is 13.3. The molecule has 4 N–H and O–H groups in total. The number of hydrogen-bond acceptors (Lipinski definition) is 11. The maximum atomic E-state index is 12.4. The van der Waals surface area contributed by atoms with E-state index >= 15 is 0 Å². The number of amides is 2. The summed E-state index contributed by atoms with van der Waals surface area (Å²) in [5, 5.41) is 30.4. The van der Waals surface area contributed by atoms with Crippen LogP contribution in [-0.2, 0) is 9.53 Å². The Kier molecular flexibility index (Phi) is 9.39. The van der Waals surface area contributed by atoms with Crippen molar-refractivity contribution in [1.29, 1.82) is 0 Å². The average molecular weight is 580 g/mol. The van der Waals surface area contributed by atoms with Crippen LogP contribution in [0.1, 0.15) is 31.2 Å². The zero-order chi connectivity index (χ0) is 30.2. The van der Waals surface area contributed by atoms with Crippen LogP contribution in [0.2, 0.25) is 0 Å². The van der Waals surface area contributed by atoms with E-state index in [4.69, 9.17) is 18.6 Å². The number of nitrogens with one attached hydrogen (secondary N) is 3. The Hall–Kier alpha value is -5.37. The third-order valence-electron chi connectivity index (χ3n) is 6.08. The van der Waals surface area contributed by atoms with Gasteiger partial charge in [0, 0.05) is 23.4 Å². The molecule has 0 radical (unpaired) electrons. The Morgan fingerprint density at radius 3 is 2.64 bits per heavy atom. The third kappa shape index (κ3) is 7.03. The molecule has 1 aliphatic rings. The van der Waals surface area contributed by atoms with E-state index in [0.717, 1.165) is 0 Å². The standard InChI is InChI=1S/C28H29N5O9/c1-4-40-23-13-18(26-25(27(35)39-3)16(2)30-28(36)31-26)7-11-22(23)41-15-24(34)32-29-14-20-10-12-21(42-20)17-5-8-19(9-6-17)33(37)38/h5-14,24,26,32,34H,4,15H2,1-3H3,(H2,30,31,36)/b29-14+/t24-,26+/m1/s1. The summed E-state index contributed by atoms with van der Waals surface area (Å²) in [4.78, 5) is 34.9. The number of nitro benzene ring substituents is 1. The molecule has 0 spiro atoms. The quantitative estimate of drug-likeness (QED) is 0.0814. The monoisotopic (exact) mass is 579 g/mol. The van der Waals surface area contributed by atoms with Crippen LogP contribution in [0.5, 0.6) is 11.5 Å². The Labute approximate surface area is 240 Å². The van der Waals surface area contributed by atoms with Crippen molar-refractivity contribution in [3.8, 4) is 22.8 Å². The number of nitro groups is 1. The minimum atomic E-state index is -1.19. The van der Waals surface area contributed by atoms with Gasteiger partial charge in [0.1, 0.15) is 18.1 Å². The second-order valence-electron chi connectivity index (χ2n) is 8.92. The number of allylic oxidation sites excluding steroid dienone is 1. The van der Waals surface area contributed by atoms with Gasteiger partial charge in [0.05, 0.1) is 36.5 Å². The Bertz CT molecular complexity index is 1510. The predicted octanol–water partition coefficient (Wildman–Crippen LogP) is 3.38. The van der Waals surface area contributed by atoms with Crippen LogP contribution in [0.3, 0.4) is 0 Å². The van der Waals surface area contributed by atoms with Crippen LogP contribution in [-0.4, -0.2) is 54.8 Å². The van der Waals surface area contributed by atoms with E-state index in [2.05, 4.69) is 21.2 Å². The number of carbonyl (C=O) groups excluding carboxylic acids is 2. The van der Waals surface area contributed by atoms with Crippen molar-refractivity contribution < 1.29 is 38.2 Å². The largest absolute Gasteiger partial charge is 0.490 e. The molecule has 0 unspecified atom stereocenters. The molecule has 1 aromatic heterocycles. The van der Waals surface area contributed by atoms with E-state index in [1.807, 2.05) is 0 Å². The number of non-ortho nitro benzene ring substituents is 1. The molecule has 0 saturated carbocycles. The summed E-state index contributed by atoms with van der Waals surface area (Å²) in [6.07, 6.45) is 0.167. The predicted molar refractivity (Wildman–Crippen MR) is 150 cm³/mol. The number of benzene rings is 2. The maximum Gasteiger partial charge on any atom is 0.337 e. The number of aliphatic hydroxyl groups is 1. The molecule has 14 nitrogen and oxygen atoms in total. The molecule has 220 valence electrons. The van der Waals surface area contributed by atoms with Crippen molar-refractivity contribution in [2.45, 2.75) is 26.1 Å². The lowest BCUT2D eigenvalue weighted by atomic mass is 9.95. The number of furan rings is 1. The molecule has 1 aliphatic heterocycles. The minimum absolute atomic E-state index is 0.0213. The summed E-state index contributed by atoms with van der Waals surface area (Å²) in [7, 11) is 1.26. The lowest BCUT2D eigenvalue weighted by molar-refractivity contribution is -0.384. The molecular formula is C28H29N5O9. The zero-order valence-electron chi connectivity index (χ0n) is 23.0. The Balaban J connectivity index is 1.38. The van der Waals surface area contributed by atoms with Gasteiger partial charge in [-0.2, -0.15) is 5.10 Å². The normalized spacial score (nSPS) is 15.5. The van der Waals surface area contributed by atoms with Crippen LogP contribution in [0.25, 0.3) is 11.3 Å². The first kappa shape index (κ1) is 29.6. The highest BCUT2D eigenvalue weighted by atomic mass is 16.6. The van der Waals surface area contributed by atoms with Crippen molar-refractivity contribution in [1.82, 2.24) is 16.1 Å². The van der Waals surface area contributed by atoms with E-state index in [9.17, 15) is 24.8 Å². The fourth-order valence-electron chi connectivity index (χ4n) is 4.13. The fourth-order valence-corrected chi connectivity index (χ4v) is 4.13. The van der Waals surface area contributed by atoms with Gasteiger partial charge in [0.2, 0.25) is 0 Å². The van der Waals surface area contributed by atoms with E-state index < -0.39 is 29.2 Å².